The van der Waals surface area contributed by atoms with Crippen molar-refractivity contribution in [2.24, 2.45) is 5.73 Å². The minimum atomic E-state index is -0.238. The molecule has 3 N–H and O–H groups in total. The molecule has 0 fully saturated rings. The highest BCUT2D eigenvalue weighted by Gasteiger charge is 2.11. The molecule has 0 amide bonds. The van der Waals surface area contributed by atoms with Gasteiger partial charge in [-0.25, -0.2) is 4.39 Å². The van der Waals surface area contributed by atoms with Gasteiger partial charge in [-0.1, -0.05) is 6.07 Å². The molecule has 16 heavy (non-hydrogen) atoms. The Bertz CT molecular complexity index is 382. The van der Waals surface area contributed by atoms with Gasteiger partial charge in [-0.2, -0.15) is 0 Å². The van der Waals surface area contributed by atoms with Crippen LogP contribution in [0.4, 0.5) is 4.39 Å². The highest BCUT2D eigenvalue weighted by atomic mass is 19.1. The first-order valence-corrected chi connectivity index (χ1v) is 5.32. The van der Waals surface area contributed by atoms with Crippen LogP contribution in [0.5, 0.6) is 0 Å². The predicted octanol–water partition coefficient (Wildman–Crippen LogP) is 1.75. The lowest BCUT2D eigenvalue weighted by Crippen LogP contribution is -2.29. The van der Waals surface area contributed by atoms with Crippen molar-refractivity contribution in [1.82, 2.24) is 5.32 Å². The van der Waals surface area contributed by atoms with Crippen LogP contribution in [0, 0.1) is 25.1 Å². The molecule has 0 saturated heterocycles. The van der Waals surface area contributed by atoms with E-state index >= 15 is 0 Å². The Kier molecular flexibility index (Phi) is 4.97. The first-order valence-electron chi connectivity index (χ1n) is 5.32. The van der Waals surface area contributed by atoms with Crippen molar-refractivity contribution in [3.05, 3.63) is 35.1 Å². The van der Waals surface area contributed by atoms with Gasteiger partial charge in [0, 0.05) is 25.6 Å². The van der Waals surface area contributed by atoms with Gasteiger partial charge in [0.05, 0.1) is 0 Å². The lowest BCUT2D eigenvalue weighted by molar-refractivity contribution is 0.541. The number of terminal acetylenes is 1. The average molecular weight is 220 g/mol. The molecule has 0 aliphatic carbocycles. The average Bonchev–Trinajstić information content (AvgIpc) is 2.28. The number of hydrogen-bond donors (Lipinski definition) is 2. The largest absolute Gasteiger partial charge is 0.329 e. The van der Waals surface area contributed by atoms with Gasteiger partial charge in [0.1, 0.15) is 5.82 Å². The van der Waals surface area contributed by atoms with E-state index in [1.165, 1.54) is 12.1 Å². The van der Waals surface area contributed by atoms with E-state index in [0.29, 0.717) is 19.5 Å². The van der Waals surface area contributed by atoms with Crippen LogP contribution in [0.25, 0.3) is 0 Å². The van der Waals surface area contributed by atoms with E-state index in [-0.39, 0.29) is 11.9 Å². The van der Waals surface area contributed by atoms with E-state index in [0.717, 1.165) is 11.1 Å². The highest BCUT2D eigenvalue weighted by molar-refractivity contribution is 5.29. The first-order chi connectivity index (χ1) is 7.69. The number of aryl methyl sites for hydroxylation is 1. The van der Waals surface area contributed by atoms with E-state index in [1.807, 2.05) is 6.92 Å². The minimum Gasteiger partial charge on any atom is -0.329 e. The molecule has 1 unspecified atom stereocenters. The summed E-state index contributed by atoms with van der Waals surface area (Å²) in [6, 6.07) is 4.70. The van der Waals surface area contributed by atoms with Gasteiger partial charge in [0.25, 0.3) is 0 Å². The van der Waals surface area contributed by atoms with E-state index < -0.39 is 0 Å². The van der Waals surface area contributed by atoms with E-state index in [9.17, 15) is 4.39 Å². The fraction of sp³-hybridized carbons (Fsp3) is 0.385. The van der Waals surface area contributed by atoms with Crippen LogP contribution in [0.3, 0.4) is 0 Å². The summed E-state index contributed by atoms with van der Waals surface area (Å²) in [6.07, 6.45) is 5.81. The monoisotopic (exact) mass is 220 g/mol. The fourth-order valence-electron chi connectivity index (χ4n) is 1.63. The summed E-state index contributed by atoms with van der Waals surface area (Å²) >= 11 is 0. The van der Waals surface area contributed by atoms with Crippen LogP contribution < -0.4 is 11.1 Å². The molecule has 0 bridgehead atoms. The van der Waals surface area contributed by atoms with E-state index in [2.05, 4.69) is 11.2 Å². The van der Waals surface area contributed by atoms with Crippen LogP contribution in [-0.4, -0.2) is 13.1 Å². The second kappa shape index (κ2) is 6.26. The number of benzene rings is 1. The Morgan fingerprint density at radius 2 is 2.31 bits per heavy atom. The smallest absolute Gasteiger partial charge is 0.123 e. The number of nitrogens with two attached hydrogens (primary N) is 1. The van der Waals surface area contributed by atoms with Gasteiger partial charge in [0.15, 0.2) is 0 Å². The van der Waals surface area contributed by atoms with Crippen molar-refractivity contribution in [3.8, 4) is 12.3 Å². The maximum absolute atomic E-state index is 13.1. The maximum atomic E-state index is 13.1. The summed E-state index contributed by atoms with van der Waals surface area (Å²) in [4.78, 5) is 0. The van der Waals surface area contributed by atoms with Gasteiger partial charge in [0.2, 0.25) is 0 Å². The fourth-order valence-corrected chi connectivity index (χ4v) is 1.63. The van der Waals surface area contributed by atoms with Gasteiger partial charge >= 0.3 is 0 Å². The van der Waals surface area contributed by atoms with Crippen LogP contribution >= 0.6 is 0 Å². The maximum Gasteiger partial charge on any atom is 0.123 e. The SMILES string of the molecule is C#CCCNC(CN)c1cc(F)ccc1C. The van der Waals surface area contributed by atoms with Gasteiger partial charge in [-0.05, 0) is 30.2 Å². The van der Waals surface area contributed by atoms with Crippen molar-refractivity contribution in [3.63, 3.8) is 0 Å². The Labute approximate surface area is 96.0 Å². The molecule has 2 nitrogen and oxygen atoms in total. The lowest BCUT2D eigenvalue weighted by Gasteiger charge is -2.18. The zero-order valence-corrected chi connectivity index (χ0v) is 9.46. The quantitative estimate of drug-likeness (QED) is 0.586. The molecule has 0 aliphatic heterocycles. The molecule has 0 aliphatic rings. The number of rotatable bonds is 5. The van der Waals surface area contributed by atoms with Gasteiger partial charge in [-0.3, -0.25) is 0 Å². The van der Waals surface area contributed by atoms with E-state index in [1.54, 1.807) is 6.07 Å². The van der Waals surface area contributed by atoms with Crippen molar-refractivity contribution in [2.45, 2.75) is 19.4 Å². The minimum absolute atomic E-state index is 0.0379. The highest BCUT2D eigenvalue weighted by Crippen LogP contribution is 2.18. The Hall–Kier alpha value is -1.37. The second-order valence-electron chi connectivity index (χ2n) is 3.70. The van der Waals surface area contributed by atoms with Gasteiger partial charge < -0.3 is 11.1 Å². The van der Waals surface area contributed by atoms with Crippen molar-refractivity contribution < 1.29 is 4.39 Å². The molecule has 0 spiro atoms. The molecule has 0 heterocycles. The summed E-state index contributed by atoms with van der Waals surface area (Å²) in [7, 11) is 0. The molecule has 0 radical (unpaired) electrons. The molecule has 0 saturated carbocycles. The third-order valence-electron chi connectivity index (χ3n) is 2.51. The Balaban J connectivity index is 2.78. The van der Waals surface area contributed by atoms with Crippen LogP contribution in [-0.2, 0) is 0 Å². The summed E-state index contributed by atoms with van der Waals surface area (Å²) in [5, 5.41) is 3.22. The van der Waals surface area contributed by atoms with E-state index in [4.69, 9.17) is 12.2 Å². The first kappa shape index (κ1) is 12.7. The number of halogens is 1. The summed E-state index contributed by atoms with van der Waals surface area (Å²) in [6.45, 7) is 3.06. The number of nitrogens with one attached hydrogen (secondary N) is 1. The molecule has 3 heteroatoms. The normalized spacial score (nSPS) is 12.1. The molecule has 1 atom stereocenters. The molecular weight excluding hydrogens is 203 g/mol. The third kappa shape index (κ3) is 3.34. The lowest BCUT2D eigenvalue weighted by atomic mass is 10.0. The Morgan fingerprint density at radius 3 is 2.94 bits per heavy atom. The molecule has 1 aromatic carbocycles. The molecule has 86 valence electrons. The van der Waals surface area contributed by atoms with Crippen molar-refractivity contribution >= 4 is 0 Å². The van der Waals surface area contributed by atoms with Crippen molar-refractivity contribution in [1.29, 1.82) is 0 Å². The molecule has 1 rings (SSSR count). The zero-order chi connectivity index (χ0) is 12.0. The summed E-state index contributed by atoms with van der Waals surface area (Å²) < 4.78 is 13.1. The van der Waals surface area contributed by atoms with Crippen LogP contribution in [0.1, 0.15) is 23.6 Å². The third-order valence-corrected chi connectivity index (χ3v) is 2.51. The zero-order valence-electron chi connectivity index (χ0n) is 9.46. The van der Waals surface area contributed by atoms with Gasteiger partial charge in [-0.15, -0.1) is 12.3 Å². The number of hydrogen-bond acceptors (Lipinski definition) is 2. The summed E-state index contributed by atoms with van der Waals surface area (Å²) in [5.74, 6) is 2.31. The molecular formula is C13H17FN2. The van der Waals surface area contributed by atoms with Crippen molar-refractivity contribution in [2.75, 3.05) is 13.1 Å². The van der Waals surface area contributed by atoms with Crippen LogP contribution in [0.2, 0.25) is 0 Å². The second-order valence-corrected chi connectivity index (χ2v) is 3.70. The predicted molar refractivity (Wildman–Crippen MR) is 64.4 cm³/mol. The summed E-state index contributed by atoms with van der Waals surface area (Å²) in [5.41, 5.74) is 7.60. The Morgan fingerprint density at radius 1 is 1.56 bits per heavy atom. The topological polar surface area (TPSA) is 38.0 Å². The molecule has 0 aromatic heterocycles. The molecule has 1 aromatic rings. The standard InChI is InChI=1S/C13H17FN2/c1-3-4-7-16-13(9-15)12-8-11(14)6-5-10(12)2/h1,5-6,8,13,16H,4,7,9,15H2,2H3. The van der Waals surface area contributed by atoms with Crippen LogP contribution in [0.15, 0.2) is 18.2 Å².